The van der Waals surface area contributed by atoms with Gasteiger partial charge in [0.25, 0.3) is 0 Å². The molecule has 0 bridgehead atoms. The monoisotopic (exact) mass is 811 g/mol. The first kappa shape index (κ1) is 36.2. The molecule has 0 saturated carbocycles. The summed E-state index contributed by atoms with van der Waals surface area (Å²) in [5.41, 5.74) is 14.4. The number of aromatic nitrogens is 1. The summed E-state index contributed by atoms with van der Waals surface area (Å²) in [4.78, 5) is 6.27. The van der Waals surface area contributed by atoms with Gasteiger partial charge < -0.3 is 14.4 Å². The Balaban J connectivity index is 1.07. The van der Waals surface area contributed by atoms with Gasteiger partial charge in [-0.25, -0.2) is 0 Å². The van der Waals surface area contributed by atoms with Gasteiger partial charge in [0, 0.05) is 54.9 Å². The van der Waals surface area contributed by atoms with Crippen LogP contribution < -0.4 is 9.80 Å². The van der Waals surface area contributed by atoms with Crippen molar-refractivity contribution < 1.29 is 0 Å². The molecule has 2 aromatic heterocycles. The largest absolute Gasteiger partial charge is 0.310 e. The highest BCUT2D eigenvalue weighted by molar-refractivity contribution is 7.20. The Morgan fingerprint density at radius 1 is 0.403 bits per heavy atom. The average Bonchev–Trinajstić information content (AvgIpc) is 3.88. The van der Waals surface area contributed by atoms with E-state index in [9.17, 15) is 0 Å². The Labute approximate surface area is 365 Å². The zero-order chi connectivity index (χ0) is 41.0. The average molecular weight is 812 g/mol. The van der Waals surface area contributed by atoms with Crippen LogP contribution in [0.5, 0.6) is 0 Å². The lowest BCUT2D eigenvalue weighted by Crippen LogP contribution is -2.13. The van der Waals surface area contributed by atoms with Crippen molar-refractivity contribution in [1.29, 1.82) is 0 Å². The van der Waals surface area contributed by atoms with Gasteiger partial charge in [0.15, 0.2) is 0 Å². The zero-order valence-corrected chi connectivity index (χ0v) is 34.8. The number of para-hydroxylation sites is 5. The van der Waals surface area contributed by atoms with Crippen LogP contribution in [0.4, 0.5) is 34.1 Å². The molecule has 62 heavy (non-hydrogen) atoms. The second kappa shape index (κ2) is 15.1. The maximum atomic E-state index is 2.50. The second-order valence-corrected chi connectivity index (χ2v) is 17.2. The van der Waals surface area contributed by atoms with Crippen LogP contribution in [0.2, 0.25) is 0 Å². The van der Waals surface area contributed by atoms with Gasteiger partial charge in [-0.3, -0.25) is 0 Å². The highest BCUT2D eigenvalue weighted by Gasteiger charge is 2.26. The molecule has 294 valence electrons. The molecule has 0 N–H and O–H groups in total. The maximum Gasteiger partial charge on any atom is 0.0661 e. The minimum atomic E-state index is 0.983. The lowest BCUT2D eigenvalue weighted by atomic mass is 9.91. The fourth-order valence-corrected chi connectivity index (χ4v) is 10.9. The fourth-order valence-electron chi connectivity index (χ4n) is 9.61. The van der Waals surface area contributed by atoms with Crippen molar-refractivity contribution in [2.75, 3.05) is 9.80 Å². The third-order valence-electron chi connectivity index (χ3n) is 12.4. The van der Waals surface area contributed by atoms with E-state index < -0.39 is 0 Å². The summed E-state index contributed by atoms with van der Waals surface area (Å²) in [5.74, 6) is 0. The van der Waals surface area contributed by atoms with Gasteiger partial charge in [-0.2, -0.15) is 0 Å². The molecule has 0 amide bonds. The zero-order valence-electron chi connectivity index (χ0n) is 34.0. The molecule has 0 unspecified atom stereocenters. The van der Waals surface area contributed by atoms with Crippen LogP contribution in [0.15, 0.2) is 218 Å². The Hall–Kier alpha value is -7.66. The third kappa shape index (κ3) is 6.10. The van der Waals surface area contributed by atoms with Gasteiger partial charge in [0.2, 0.25) is 0 Å². The highest BCUT2D eigenvalue weighted by atomic mass is 32.1. The van der Waals surface area contributed by atoms with Gasteiger partial charge in [0.1, 0.15) is 0 Å². The molecule has 0 radical (unpaired) electrons. The molecular formula is C58H41N3S. The minimum absolute atomic E-state index is 0.983. The van der Waals surface area contributed by atoms with Crippen molar-refractivity contribution in [3.05, 3.63) is 234 Å². The number of nitrogens with zero attached hydrogens (tertiary/aromatic N) is 3. The molecule has 0 spiro atoms. The van der Waals surface area contributed by atoms with Crippen molar-refractivity contribution >= 4 is 99.8 Å². The van der Waals surface area contributed by atoms with E-state index in [1.165, 1.54) is 75.6 Å². The topological polar surface area (TPSA) is 11.4 Å². The number of benzene rings is 9. The van der Waals surface area contributed by atoms with Crippen LogP contribution in [0.1, 0.15) is 22.4 Å². The number of rotatable bonds is 8. The molecule has 0 fully saturated rings. The van der Waals surface area contributed by atoms with Crippen LogP contribution in [-0.2, 0) is 6.42 Å². The van der Waals surface area contributed by atoms with Gasteiger partial charge >= 0.3 is 0 Å². The predicted molar refractivity (Wildman–Crippen MR) is 266 cm³/mol. The van der Waals surface area contributed by atoms with E-state index in [0.717, 1.165) is 41.3 Å². The van der Waals surface area contributed by atoms with Crippen LogP contribution in [0, 0.1) is 0 Å². The number of anilines is 6. The molecular weight excluding hydrogens is 771 g/mol. The van der Waals surface area contributed by atoms with Crippen molar-refractivity contribution in [2.45, 2.75) is 12.8 Å². The highest BCUT2D eigenvalue weighted by Crippen LogP contribution is 2.50. The lowest BCUT2D eigenvalue weighted by molar-refractivity contribution is 1.03. The summed E-state index contributed by atoms with van der Waals surface area (Å²) in [5, 5.41) is 6.32. The molecule has 12 rings (SSSR count). The third-order valence-corrected chi connectivity index (χ3v) is 13.7. The van der Waals surface area contributed by atoms with Gasteiger partial charge in [-0.1, -0.05) is 133 Å². The van der Waals surface area contributed by atoms with E-state index in [4.69, 9.17) is 0 Å². The molecule has 3 nitrogen and oxygen atoms in total. The minimum Gasteiger partial charge on any atom is -0.310 e. The van der Waals surface area contributed by atoms with Crippen LogP contribution in [0.25, 0.3) is 60.0 Å². The van der Waals surface area contributed by atoms with Gasteiger partial charge in [-0.05, 0) is 126 Å². The Morgan fingerprint density at radius 2 is 0.968 bits per heavy atom. The summed E-state index contributed by atoms with van der Waals surface area (Å²) in [7, 11) is 0. The Kier molecular flexibility index (Phi) is 8.83. The van der Waals surface area contributed by atoms with E-state index in [-0.39, 0.29) is 0 Å². The first-order valence-corrected chi connectivity index (χ1v) is 22.2. The second-order valence-electron chi connectivity index (χ2n) is 16.0. The fraction of sp³-hybridized carbons (Fsp3) is 0.0345. The van der Waals surface area contributed by atoms with Crippen LogP contribution in [0.3, 0.4) is 0 Å². The summed E-state index contributed by atoms with van der Waals surface area (Å²) < 4.78 is 3.74. The molecule has 4 heteroatoms. The van der Waals surface area contributed by atoms with Crippen molar-refractivity contribution in [3.8, 4) is 5.69 Å². The maximum absolute atomic E-state index is 2.50. The standard InChI is InChI=1S/C58H41N3S/c1-5-20-43(21-6-1)59(44-22-7-2-8-23-44)47-38-52-51-37-42(33-35-57(51)62-58(52)56(39-47)60(45-24-9-3-10-25-45)46-26-11-4-12-27-46)41-32-34-55-50(36-41)49-29-15-16-30-54(49)61(55)53-31-17-19-40-18-13-14-28-48(40)53/h1-32,34,36-39H,33,35H2. The molecule has 0 saturated heterocycles. The Morgan fingerprint density at radius 3 is 1.65 bits per heavy atom. The molecule has 1 aliphatic rings. The quantitative estimate of drug-likeness (QED) is 0.151. The lowest BCUT2D eigenvalue weighted by Gasteiger charge is -2.30. The summed E-state index contributed by atoms with van der Waals surface area (Å²) in [6.07, 6.45) is 4.47. The number of hydrogen-bond acceptors (Lipinski definition) is 3. The van der Waals surface area contributed by atoms with Crippen molar-refractivity contribution in [3.63, 3.8) is 0 Å². The first-order valence-electron chi connectivity index (χ1n) is 21.4. The molecule has 0 atom stereocenters. The molecule has 0 aliphatic heterocycles. The smallest absolute Gasteiger partial charge is 0.0661 e. The molecule has 1 aliphatic carbocycles. The predicted octanol–water partition coefficient (Wildman–Crippen LogP) is 16.6. The number of fused-ring (bicyclic) bond motifs is 7. The summed E-state index contributed by atoms with van der Waals surface area (Å²) in [6, 6.07) is 79.3. The normalized spacial score (nSPS) is 12.5. The Bertz CT molecular complexity index is 3370. The van der Waals surface area contributed by atoms with Crippen LogP contribution >= 0.6 is 11.3 Å². The number of allylic oxidation sites excluding steroid dienone is 1. The van der Waals surface area contributed by atoms with Crippen molar-refractivity contribution in [1.82, 2.24) is 4.57 Å². The van der Waals surface area contributed by atoms with E-state index in [1.54, 1.807) is 0 Å². The van der Waals surface area contributed by atoms with E-state index in [1.807, 2.05) is 11.3 Å². The number of aryl methyl sites for hydroxylation is 1. The van der Waals surface area contributed by atoms with Gasteiger partial charge in [0.05, 0.1) is 27.1 Å². The number of thiophene rings is 1. The number of hydrogen-bond donors (Lipinski definition) is 0. The molecule has 9 aromatic carbocycles. The van der Waals surface area contributed by atoms with E-state index in [0.29, 0.717) is 0 Å². The van der Waals surface area contributed by atoms with E-state index in [2.05, 4.69) is 239 Å². The summed E-state index contributed by atoms with van der Waals surface area (Å²) in [6.45, 7) is 0. The van der Waals surface area contributed by atoms with E-state index >= 15 is 0 Å². The molecule has 11 aromatic rings. The SMILES string of the molecule is C1=C(c2ccc3c(c2)c2ccccc2n3-c2cccc3ccccc23)CCc2sc3c(N(c4ccccc4)c4ccccc4)cc(N(c4ccccc4)c4ccccc4)cc3c21. The van der Waals surface area contributed by atoms with Crippen LogP contribution in [-0.4, -0.2) is 4.57 Å². The van der Waals surface area contributed by atoms with Crippen molar-refractivity contribution in [2.24, 2.45) is 0 Å². The first-order chi connectivity index (χ1) is 30.8. The van der Waals surface area contributed by atoms with Gasteiger partial charge in [-0.15, -0.1) is 11.3 Å². The summed E-state index contributed by atoms with van der Waals surface area (Å²) >= 11 is 1.95. The molecule has 2 heterocycles.